The minimum Gasteiger partial charge on any atom is -0.465 e. The molecule has 7 nitrogen and oxygen atoms in total. The highest BCUT2D eigenvalue weighted by molar-refractivity contribution is 9.10. The van der Waals surface area contributed by atoms with Gasteiger partial charge in [0.05, 0.1) is 0 Å². The number of aromatic nitrogens is 2. The van der Waals surface area contributed by atoms with Gasteiger partial charge in [-0.25, -0.2) is 17.2 Å². The predicted octanol–water partition coefficient (Wildman–Crippen LogP) is 3.51. The van der Waals surface area contributed by atoms with E-state index in [1.807, 2.05) is 20.8 Å². The lowest BCUT2D eigenvalue weighted by molar-refractivity contribution is 0.101. The van der Waals surface area contributed by atoms with Crippen LogP contribution in [0.2, 0.25) is 0 Å². The number of carboxylic acid groups (broad SMARTS) is 1. The van der Waals surface area contributed by atoms with Crippen molar-refractivity contribution >= 4 is 32.0 Å². The molecule has 1 amide bonds. The van der Waals surface area contributed by atoms with Gasteiger partial charge in [0.2, 0.25) is 0 Å². The number of aryl methyl sites for hydroxylation is 1. The Bertz CT molecular complexity index is 899. The molecule has 9 heteroatoms. The molecule has 26 heavy (non-hydrogen) atoms. The molecule has 0 aromatic carbocycles. The van der Waals surface area contributed by atoms with E-state index in [9.17, 15) is 18.3 Å². The third kappa shape index (κ3) is 4.45. The Hall–Kier alpha value is -1.87. The first-order chi connectivity index (χ1) is 11.9. The highest BCUT2D eigenvalue weighted by Gasteiger charge is 2.26. The van der Waals surface area contributed by atoms with E-state index in [0.717, 1.165) is 15.2 Å². The number of carbonyl (C=O) groups is 1. The molecule has 0 aliphatic rings. The second kappa shape index (κ2) is 7.40. The first-order valence-electron chi connectivity index (χ1n) is 7.98. The SMILES string of the molecule is Cc1ccc(S(=O)(=O)n2cc(CCN(C(=O)O)C(C)(C)C)cc2Br)cn1. The van der Waals surface area contributed by atoms with Gasteiger partial charge in [0.25, 0.3) is 10.0 Å². The average molecular weight is 444 g/mol. The van der Waals surface area contributed by atoms with E-state index in [2.05, 4.69) is 20.9 Å². The first-order valence-corrected chi connectivity index (χ1v) is 10.2. The van der Waals surface area contributed by atoms with Crippen molar-refractivity contribution < 1.29 is 18.3 Å². The summed E-state index contributed by atoms with van der Waals surface area (Å²) in [7, 11) is -3.77. The summed E-state index contributed by atoms with van der Waals surface area (Å²) >= 11 is 3.27. The van der Waals surface area contributed by atoms with Crippen LogP contribution in [0, 0.1) is 6.92 Å². The van der Waals surface area contributed by atoms with Crippen LogP contribution in [0.1, 0.15) is 32.0 Å². The molecule has 0 radical (unpaired) electrons. The summed E-state index contributed by atoms with van der Waals surface area (Å²) in [6.45, 7) is 7.50. The fourth-order valence-corrected chi connectivity index (χ4v) is 4.64. The number of amides is 1. The summed E-state index contributed by atoms with van der Waals surface area (Å²) in [5.41, 5.74) is 0.911. The summed E-state index contributed by atoms with van der Waals surface area (Å²) in [4.78, 5) is 16.9. The second-order valence-corrected chi connectivity index (χ2v) is 9.59. The lowest BCUT2D eigenvalue weighted by Gasteiger charge is -2.33. The standard InChI is InChI=1S/C17H22BrN3O4S/c1-12-5-6-14(10-19-12)26(24,25)21-11-13(9-15(21)18)7-8-20(16(22)23)17(2,3)4/h5-6,9-11H,7-8H2,1-4H3,(H,22,23). The van der Waals surface area contributed by atoms with Crippen LogP contribution in [-0.4, -0.2) is 45.6 Å². The summed E-state index contributed by atoms with van der Waals surface area (Å²) in [5, 5.41) is 9.36. The molecule has 1 N–H and O–H groups in total. The number of nitrogens with zero attached hydrogens (tertiary/aromatic N) is 3. The number of halogens is 1. The van der Waals surface area contributed by atoms with Gasteiger partial charge >= 0.3 is 6.09 Å². The van der Waals surface area contributed by atoms with Gasteiger partial charge in [0.1, 0.15) is 9.50 Å². The van der Waals surface area contributed by atoms with E-state index in [0.29, 0.717) is 11.0 Å². The Morgan fingerprint density at radius 1 is 1.35 bits per heavy atom. The highest BCUT2D eigenvalue weighted by Crippen LogP contribution is 2.23. The Labute approximate surface area is 161 Å². The fourth-order valence-electron chi connectivity index (χ4n) is 2.47. The molecule has 2 heterocycles. The maximum Gasteiger partial charge on any atom is 0.407 e. The fraction of sp³-hybridized carbons (Fsp3) is 0.412. The summed E-state index contributed by atoms with van der Waals surface area (Å²) < 4.78 is 27.1. The monoisotopic (exact) mass is 443 g/mol. The van der Waals surface area contributed by atoms with Gasteiger partial charge in [-0.1, -0.05) is 0 Å². The van der Waals surface area contributed by atoms with Gasteiger partial charge in [-0.15, -0.1) is 0 Å². The van der Waals surface area contributed by atoms with Gasteiger partial charge in [-0.3, -0.25) is 4.98 Å². The van der Waals surface area contributed by atoms with Crippen LogP contribution in [0.5, 0.6) is 0 Å². The van der Waals surface area contributed by atoms with Crippen molar-refractivity contribution in [3.63, 3.8) is 0 Å². The Kier molecular flexibility index (Phi) is 5.82. The topological polar surface area (TPSA) is 92.5 Å². The maximum atomic E-state index is 12.8. The third-order valence-electron chi connectivity index (χ3n) is 3.90. The summed E-state index contributed by atoms with van der Waals surface area (Å²) in [5.74, 6) is 0. The number of hydrogen-bond donors (Lipinski definition) is 1. The van der Waals surface area contributed by atoms with Gasteiger partial charge in [-0.2, -0.15) is 0 Å². The molecule has 0 atom stereocenters. The van der Waals surface area contributed by atoms with Crippen molar-refractivity contribution in [2.75, 3.05) is 6.54 Å². The van der Waals surface area contributed by atoms with Gasteiger partial charge in [0.15, 0.2) is 0 Å². The van der Waals surface area contributed by atoms with Gasteiger partial charge < -0.3 is 10.0 Å². The van der Waals surface area contributed by atoms with Gasteiger partial charge in [0, 0.05) is 30.2 Å². The highest BCUT2D eigenvalue weighted by atomic mass is 79.9. The molecule has 2 aromatic rings. The summed E-state index contributed by atoms with van der Waals surface area (Å²) in [6, 6.07) is 4.83. The lowest BCUT2D eigenvalue weighted by Crippen LogP contribution is -2.45. The Morgan fingerprint density at radius 2 is 2.00 bits per heavy atom. The van der Waals surface area contributed by atoms with Gasteiger partial charge in [-0.05, 0) is 73.8 Å². The number of rotatable bonds is 5. The van der Waals surface area contributed by atoms with E-state index in [1.165, 1.54) is 23.4 Å². The van der Waals surface area contributed by atoms with Crippen LogP contribution < -0.4 is 0 Å². The molecule has 0 spiro atoms. The lowest BCUT2D eigenvalue weighted by atomic mass is 10.1. The van der Waals surface area contributed by atoms with Crippen LogP contribution in [0.3, 0.4) is 0 Å². The zero-order valence-corrected chi connectivity index (χ0v) is 17.5. The van der Waals surface area contributed by atoms with Crippen molar-refractivity contribution in [1.29, 1.82) is 0 Å². The zero-order valence-electron chi connectivity index (χ0n) is 15.1. The van der Waals surface area contributed by atoms with Crippen LogP contribution in [0.15, 0.2) is 40.1 Å². The molecule has 0 aliphatic carbocycles. The normalized spacial score (nSPS) is 12.2. The molecule has 0 unspecified atom stereocenters. The van der Waals surface area contributed by atoms with E-state index >= 15 is 0 Å². The van der Waals surface area contributed by atoms with E-state index in [4.69, 9.17) is 0 Å². The Balaban J connectivity index is 2.26. The minimum atomic E-state index is -3.77. The third-order valence-corrected chi connectivity index (χ3v) is 6.41. The molecular formula is C17H22BrN3O4S. The van der Waals surface area contributed by atoms with Crippen LogP contribution in [-0.2, 0) is 16.4 Å². The van der Waals surface area contributed by atoms with Crippen molar-refractivity contribution in [3.8, 4) is 0 Å². The molecular weight excluding hydrogens is 422 g/mol. The molecule has 2 aromatic heterocycles. The molecule has 2 rings (SSSR count). The molecule has 142 valence electrons. The average Bonchev–Trinajstić information content (AvgIpc) is 2.88. The minimum absolute atomic E-state index is 0.0906. The molecule has 0 saturated carbocycles. The molecule has 0 aliphatic heterocycles. The summed E-state index contributed by atoms with van der Waals surface area (Å²) in [6.07, 6.45) is 2.22. The van der Waals surface area contributed by atoms with E-state index < -0.39 is 21.7 Å². The molecule has 0 bridgehead atoms. The number of pyridine rings is 1. The zero-order chi connectivity index (χ0) is 19.7. The van der Waals surface area contributed by atoms with Crippen LogP contribution in [0.25, 0.3) is 0 Å². The second-order valence-electron chi connectivity index (χ2n) is 6.96. The maximum absolute atomic E-state index is 12.8. The van der Waals surface area contributed by atoms with Crippen molar-refractivity contribution in [2.24, 2.45) is 0 Å². The van der Waals surface area contributed by atoms with E-state index in [1.54, 1.807) is 19.1 Å². The predicted molar refractivity (Wildman–Crippen MR) is 102 cm³/mol. The van der Waals surface area contributed by atoms with Crippen molar-refractivity contribution in [1.82, 2.24) is 13.9 Å². The number of hydrogen-bond acceptors (Lipinski definition) is 4. The first kappa shape index (κ1) is 20.4. The van der Waals surface area contributed by atoms with E-state index in [-0.39, 0.29) is 11.4 Å². The van der Waals surface area contributed by atoms with Crippen molar-refractivity contribution in [2.45, 2.75) is 44.6 Å². The Morgan fingerprint density at radius 3 is 2.50 bits per heavy atom. The largest absolute Gasteiger partial charge is 0.465 e. The molecule has 0 fully saturated rings. The van der Waals surface area contributed by atoms with Crippen molar-refractivity contribution in [3.05, 3.63) is 46.5 Å². The quantitative estimate of drug-likeness (QED) is 0.762. The van der Waals surface area contributed by atoms with Crippen LogP contribution in [0.4, 0.5) is 4.79 Å². The van der Waals surface area contributed by atoms with Crippen LogP contribution >= 0.6 is 15.9 Å². The molecule has 0 saturated heterocycles. The smallest absolute Gasteiger partial charge is 0.407 e.